The second-order valence-corrected chi connectivity index (χ2v) is 6.78. The molecule has 0 spiro atoms. The zero-order chi connectivity index (χ0) is 19.8. The number of nitrogens with two attached hydrogens (primary N) is 1. The van der Waals surface area contributed by atoms with E-state index in [1.165, 1.54) is 6.20 Å². The number of aryl methyl sites for hydroxylation is 1. The molecule has 142 valence electrons. The Morgan fingerprint density at radius 3 is 2.68 bits per heavy atom. The zero-order valence-electron chi connectivity index (χ0n) is 15.6. The van der Waals surface area contributed by atoms with Gasteiger partial charge in [-0.2, -0.15) is 4.39 Å². The fourth-order valence-corrected chi connectivity index (χ4v) is 3.97. The van der Waals surface area contributed by atoms with Gasteiger partial charge in [0.2, 0.25) is 11.9 Å². The summed E-state index contributed by atoms with van der Waals surface area (Å²) in [6.07, 6.45) is 2.15. The van der Waals surface area contributed by atoms with Crippen molar-refractivity contribution in [3.8, 4) is 16.9 Å². The first kappa shape index (κ1) is 18.0. The lowest BCUT2D eigenvalue weighted by Crippen LogP contribution is -2.23. The predicted molar refractivity (Wildman–Crippen MR) is 103 cm³/mol. The lowest BCUT2D eigenvalue weighted by atomic mass is 9.78. The zero-order valence-corrected chi connectivity index (χ0v) is 15.6. The third-order valence-electron chi connectivity index (χ3n) is 5.08. The van der Waals surface area contributed by atoms with Gasteiger partial charge >= 0.3 is 0 Å². The number of hydrogen-bond donors (Lipinski definition) is 1. The number of rotatable bonds is 3. The Bertz CT molecular complexity index is 1080. The Morgan fingerprint density at radius 2 is 1.93 bits per heavy atom. The van der Waals surface area contributed by atoms with Crippen molar-refractivity contribution in [2.75, 3.05) is 12.8 Å². The molecule has 2 aromatic heterocycles. The molecular weight excluding hydrogens is 359 g/mol. The monoisotopic (exact) mass is 378 g/mol. The minimum absolute atomic E-state index is 0.0488. The molecule has 0 aliphatic heterocycles. The van der Waals surface area contributed by atoms with Crippen molar-refractivity contribution in [3.05, 3.63) is 65.0 Å². The van der Waals surface area contributed by atoms with Crippen molar-refractivity contribution in [2.45, 2.75) is 25.7 Å². The first-order chi connectivity index (χ1) is 13.5. The summed E-state index contributed by atoms with van der Waals surface area (Å²) >= 11 is 0. The average Bonchev–Trinajstić information content (AvgIpc) is 2.66. The molecular formula is C21H19FN4O2. The molecule has 28 heavy (non-hydrogen) atoms. The largest absolute Gasteiger partial charge is 0.496 e. The summed E-state index contributed by atoms with van der Waals surface area (Å²) < 4.78 is 20.0. The summed E-state index contributed by atoms with van der Waals surface area (Å²) in [5.41, 5.74) is 9.33. The molecule has 3 aromatic rings. The second kappa shape index (κ2) is 6.99. The van der Waals surface area contributed by atoms with Crippen LogP contribution in [0.4, 0.5) is 10.3 Å². The van der Waals surface area contributed by atoms with Crippen LogP contribution in [0.15, 0.2) is 36.5 Å². The Hall–Kier alpha value is -3.35. The molecule has 6 nitrogen and oxygen atoms in total. The predicted octanol–water partition coefficient (Wildman–Crippen LogP) is 3.49. The summed E-state index contributed by atoms with van der Waals surface area (Å²) in [6, 6.07) is 8.78. The average molecular weight is 378 g/mol. The van der Waals surface area contributed by atoms with Gasteiger partial charge in [0, 0.05) is 29.7 Å². The molecule has 1 aliphatic rings. The van der Waals surface area contributed by atoms with E-state index in [1.807, 2.05) is 12.1 Å². The molecule has 1 aliphatic carbocycles. The maximum absolute atomic E-state index is 14.4. The molecule has 0 saturated carbocycles. The molecule has 1 atom stereocenters. The van der Waals surface area contributed by atoms with Gasteiger partial charge in [-0.1, -0.05) is 12.1 Å². The molecule has 4 rings (SSSR count). The summed E-state index contributed by atoms with van der Waals surface area (Å²) in [5.74, 6) is -0.0994. The number of fused-ring (bicyclic) bond motifs is 1. The van der Waals surface area contributed by atoms with E-state index in [9.17, 15) is 9.18 Å². The van der Waals surface area contributed by atoms with Crippen molar-refractivity contribution in [2.24, 2.45) is 0 Å². The van der Waals surface area contributed by atoms with Gasteiger partial charge in [-0.3, -0.25) is 4.79 Å². The lowest BCUT2D eigenvalue weighted by molar-refractivity contribution is 0.0961. The lowest BCUT2D eigenvalue weighted by Gasteiger charge is -2.27. The number of anilines is 1. The number of aromatic nitrogens is 3. The van der Waals surface area contributed by atoms with Crippen molar-refractivity contribution in [1.82, 2.24) is 15.0 Å². The summed E-state index contributed by atoms with van der Waals surface area (Å²) in [7, 11) is 1.56. The third-order valence-corrected chi connectivity index (χ3v) is 5.08. The van der Waals surface area contributed by atoms with Gasteiger partial charge in [0.15, 0.2) is 5.78 Å². The van der Waals surface area contributed by atoms with Crippen molar-refractivity contribution in [1.29, 1.82) is 0 Å². The molecule has 0 saturated heterocycles. The maximum atomic E-state index is 14.4. The number of hydrogen-bond acceptors (Lipinski definition) is 6. The fraction of sp³-hybridized carbons (Fsp3) is 0.238. The van der Waals surface area contributed by atoms with E-state index < -0.39 is 5.95 Å². The van der Waals surface area contributed by atoms with Gasteiger partial charge in [-0.05, 0) is 37.1 Å². The Morgan fingerprint density at radius 1 is 1.14 bits per heavy atom. The van der Waals surface area contributed by atoms with E-state index in [0.29, 0.717) is 40.2 Å². The number of Topliss-reactive ketones (excluding diaryl/α,β-unsaturated/α-hetero) is 1. The highest BCUT2D eigenvalue weighted by Gasteiger charge is 2.33. The van der Waals surface area contributed by atoms with Crippen LogP contribution in [0.2, 0.25) is 0 Å². The van der Waals surface area contributed by atoms with Crippen molar-refractivity contribution < 1.29 is 13.9 Å². The first-order valence-electron chi connectivity index (χ1n) is 8.93. The Balaban J connectivity index is 1.88. The number of nitrogen functional groups attached to an aromatic ring is 1. The minimum Gasteiger partial charge on any atom is -0.496 e. The number of ketones is 1. The summed E-state index contributed by atoms with van der Waals surface area (Å²) in [6.45, 7) is 1.76. The topological polar surface area (TPSA) is 91.0 Å². The smallest absolute Gasteiger partial charge is 0.220 e. The minimum atomic E-state index is -0.568. The highest BCUT2D eigenvalue weighted by Crippen LogP contribution is 2.42. The SMILES string of the molecule is COc1cccc(-c2cccnc2F)c1C1CC(=O)c2c(C)nc(N)nc2C1. The quantitative estimate of drug-likeness (QED) is 0.702. The van der Waals surface area contributed by atoms with Crippen molar-refractivity contribution in [3.63, 3.8) is 0 Å². The van der Waals surface area contributed by atoms with E-state index in [4.69, 9.17) is 10.5 Å². The van der Waals surface area contributed by atoms with E-state index >= 15 is 0 Å². The number of ether oxygens (including phenoxy) is 1. The number of carbonyl (C=O) groups excluding carboxylic acids is 1. The molecule has 0 bridgehead atoms. The van der Waals surface area contributed by atoms with Crippen LogP contribution in [0, 0.1) is 12.9 Å². The molecule has 0 amide bonds. The van der Waals surface area contributed by atoms with Gasteiger partial charge in [0.25, 0.3) is 0 Å². The van der Waals surface area contributed by atoms with Gasteiger partial charge in [-0.25, -0.2) is 15.0 Å². The standard InChI is InChI=1S/C21H19FN4O2/c1-11-18-15(26-21(23)25-11)9-12(10-16(18)27)19-13(5-3-7-17(19)28-2)14-6-4-8-24-20(14)22/h3-8,12H,9-10H2,1-2H3,(H2,23,25,26). The number of benzene rings is 1. The van der Waals surface area contributed by atoms with Gasteiger partial charge in [-0.15, -0.1) is 0 Å². The highest BCUT2D eigenvalue weighted by atomic mass is 19.1. The van der Waals surface area contributed by atoms with Crippen LogP contribution in [0.1, 0.15) is 39.6 Å². The molecule has 2 N–H and O–H groups in total. The van der Waals surface area contributed by atoms with E-state index in [1.54, 1.807) is 32.2 Å². The van der Waals surface area contributed by atoms with Crippen LogP contribution in [-0.4, -0.2) is 27.8 Å². The molecule has 0 fully saturated rings. The van der Waals surface area contributed by atoms with Crippen LogP contribution in [-0.2, 0) is 6.42 Å². The third kappa shape index (κ3) is 2.98. The first-order valence-corrected chi connectivity index (χ1v) is 8.93. The number of halogens is 1. The van der Waals surface area contributed by atoms with Gasteiger partial charge in [0.05, 0.1) is 24.1 Å². The summed E-state index contributed by atoms with van der Waals surface area (Å²) in [4.78, 5) is 25.0. The second-order valence-electron chi connectivity index (χ2n) is 6.78. The molecule has 2 heterocycles. The van der Waals surface area contributed by atoms with Crippen LogP contribution < -0.4 is 10.5 Å². The fourth-order valence-electron chi connectivity index (χ4n) is 3.97. The van der Waals surface area contributed by atoms with Crippen LogP contribution in [0.5, 0.6) is 5.75 Å². The van der Waals surface area contributed by atoms with E-state index in [0.717, 1.165) is 5.56 Å². The highest BCUT2D eigenvalue weighted by molar-refractivity contribution is 6.00. The van der Waals surface area contributed by atoms with Crippen LogP contribution >= 0.6 is 0 Å². The summed E-state index contributed by atoms with van der Waals surface area (Å²) in [5, 5.41) is 0. The number of pyridine rings is 1. The molecule has 1 unspecified atom stereocenters. The Kier molecular flexibility index (Phi) is 4.50. The van der Waals surface area contributed by atoms with Crippen LogP contribution in [0.3, 0.4) is 0 Å². The number of methoxy groups -OCH3 is 1. The maximum Gasteiger partial charge on any atom is 0.220 e. The van der Waals surface area contributed by atoms with Crippen molar-refractivity contribution >= 4 is 11.7 Å². The molecule has 7 heteroatoms. The van der Waals surface area contributed by atoms with E-state index in [-0.39, 0.29) is 24.1 Å². The van der Waals surface area contributed by atoms with Crippen LogP contribution in [0.25, 0.3) is 11.1 Å². The van der Waals surface area contributed by atoms with E-state index in [2.05, 4.69) is 15.0 Å². The van der Waals surface area contributed by atoms with Gasteiger partial charge < -0.3 is 10.5 Å². The molecule has 1 aromatic carbocycles. The number of nitrogens with zero attached hydrogens (tertiary/aromatic N) is 3. The number of carbonyl (C=O) groups is 1. The molecule has 0 radical (unpaired) electrons. The Labute approximate surface area is 161 Å². The normalized spacial score (nSPS) is 16.0. The van der Waals surface area contributed by atoms with Gasteiger partial charge in [0.1, 0.15) is 5.75 Å².